The fourth-order valence-corrected chi connectivity index (χ4v) is 3.03. The van der Waals surface area contributed by atoms with Gasteiger partial charge in [-0.05, 0) is 30.5 Å². The molecule has 3 rings (SSSR count). The number of aryl methyl sites for hydroxylation is 1. The monoisotopic (exact) mass is 288 g/mol. The van der Waals surface area contributed by atoms with Crippen LogP contribution in [-0.4, -0.2) is 51.4 Å². The lowest BCUT2D eigenvalue weighted by atomic mass is 10.0. The molecule has 0 bridgehead atoms. The van der Waals surface area contributed by atoms with Gasteiger partial charge in [-0.3, -0.25) is 9.48 Å². The number of amides is 1. The quantitative estimate of drug-likeness (QED) is 0.920. The lowest BCUT2D eigenvalue weighted by Gasteiger charge is -2.27. The Morgan fingerprint density at radius 1 is 1.57 bits per heavy atom. The van der Waals surface area contributed by atoms with Gasteiger partial charge in [-0.1, -0.05) is 0 Å². The van der Waals surface area contributed by atoms with Crippen molar-refractivity contribution in [3.8, 4) is 0 Å². The average molecular weight is 288 g/mol. The highest BCUT2D eigenvalue weighted by Crippen LogP contribution is 2.25. The van der Waals surface area contributed by atoms with E-state index in [-0.39, 0.29) is 18.1 Å². The van der Waals surface area contributed by atoms with Gasteiger partial charge in [0.25, 0.3) is 5.91 Å². The van der Waals surface area contributed by atoms with Crippen LogP contribution in [0.1, 0.15) is 22.5 Å². The molecule has 1 saturated heterocycles. The average Bonchev–Trinajstić information content (AvgIpc) is 3.19. The number of methoxy groups -OCH3 is 1. The summed E-state index contributed by atoms with van der Waals surface area (Å²) in [5.74, 6) is 0.0356. The number of ether oxygens (including phenoxy) is 1. The maximum atomic E-state index is 12.6. The lowest BCUT2D eigenvalue weighted by Crippen LogP contribution is -2.41. The van der Waals surface area contributed by atoms with Crippen LogP contribution in [0.3, 0.4) is 0 Å². The first-order chi connectivity index (χ1) is 10.2. The molecule has 0 aromatic carbocycles. The van der Waals surface area contributed by atoms with Crippen molar-refractivity contribution in [2.75, 3.05) is 13.7 Å². The third kappa shape index (κ3) is 2.71. The number of nitrogens with one attached hydrogen (secondary N) is 1. The highest BCUT2D eigenvalue weighted by atomic mass is 16.5. The van der Waals surface area contributed by atoms with Gasteiger partial charge in [0.05, 0.1) is 18.3 Å². The molecule has 1 aliphatic heterocycles. The van der Waals surface area contributed by atoms with E-state index >= 15 is 0 Å². The highest BCUT2D eigenvalue weighted by Gasteiger charge is 2.37. The molecule has 0 unspecified atom stereocenters. The van der Waals surface area contributed by atoms with E-state index in [1.165, 1.54) is 0 Å². The van der Waals surface area contributed by atoms with E-state index in [1.54, 1.807) is 18.0 Å². The maximum Gasteiger partial charge on any atom is 0.270 e. The van der Waals surface area contributed by atoms with Crippen molar-refractivity contribution < 1.29 is 9.53 Å². The maximum absolute atomic E-state index is 12.6. The zero-order valence-corrected chi connectivity index (χ0v) is 12.3. The Morgan fingerprint density at radius 2 is 2.43 bits per heavy atom. The van der Waals surface area contributed by atoms with E-state index in [0.29, 0.717) is 5.69 Å². The van der Waals surface area contributed by atoms with Gasteiger partial charge in [0.15, 0.2) is 0 Å². The summed E-state index contributed by atoms with van der Waals surface area (Å²) in [4.78, 5) is 17.5. The van der Waals surface area contributed by atoms with Crippen LogP contribution in [0.4, 0.5) is 0 Å². The van der Waals surface area contributed by atoms with Gasteiger partial charge in [-0.2, -0.15) is 5.10 Å². The van der Waals surface area contributed by atoms with Crippen molar-refractivity contribution in [1.82, 2.24) is 19.7 Å². The van der Waals surface area contributed by atoms with Crippen LogP contribution in [0.5, 0.6) is 0 Å². The molecule has 6 nitrogen and oxygen atoms in total. The Balaban J connectivity index is 1.80. The van der Waals surface area contributed by atoms with Crippen LogP contribution in [0, 0.1) is 0 Å². The molecule has 0 aliphatic carbocycles. The number of likely N-dealkylation sites (tertiary alicyclic amines) is 1. The minimum absolute atomic E-state index is 0.0356. The number of aromatic amines is 1. The first kappa shape index (κ1) is 13.9. The molecule has 2 aromatic heterocycles. The van der Waals surface area contributed by atoms with E-state index in [0.717, 1.165) is 24.9 Å². The van der Waals surface area contributed by atoms with Gasteiger partial charge in [0.2, 0.25) is 0 Å². The molecule has 0 radical (unpaired) electrons. The van der Waals surface area contributed by atoms with E-state index < -0.39 is 0 Å². The summed E-state index contributed by atoms with van der Waals surface area (Å²) in [6.07, 6.45) is 7.31. The first-order valence-corrected chi connectivity index (χ1v) is 7.13. The largest absolute Gasteiger partial charge is 0.379 e. The van der Waals surface area contributed by atoms with E-state index in [9.17, 15) is 4.79 Å². The van der Waals surface area contributed by atoms with E-state index in [4.69, 9.17) is 4.74 Å². The third-order valence-corrected chi connectivity index (χ3v) is 4.08. The topological polar surface area (TPSA) is 63.1 Å². The normalized spacial score (nSPS) is 21.9. The van der Waals surface area contributed by atoms with E-state index in [2.05, 4.69) is 10.1 Å². The fraction of sp³-hybridized carbons (Fsp3) is 0.467. The summed E-state index contributed by atoms with van der Waals surface area (Å²) in [6.45, 7) is 0.724. The molecular weight excluding hydrogens is 268 g/mol. The molecule has 2 aromatic rings. The Kier molecular flexibility index (Phi) is 3.79. The summed E-state index contributed by atoms with van der Waals surface area (Å²) < 4.78 is 7.35. The molecule has 112 valence electrons. The second kappa shape index (κ2) is 5.73. The zero-order valence-electron chi connectivity index (χ0n) is 12.3. The minimum Gasteiger partial charge on any atom is -0.379 e. The van der Waals surface area contributed by atoms with Crippen LogP contribution in [0.25, 0.3) is 0 Å². The van der Waals surface area contributed by atoms with Gasteiger partial charge < -0.3 is 14.6 Å². The molecule has 1 amide bonds. The highest BCUT2D eigenvalue weighted by molar-refractivity contribution is 5.92. The van der Waals surface area contributed by atoms with Crippen molar-refractivity contribution in [3.63, 3.8) is 0 Å². The standard InChI is InChI=1S/C15H20N4O2/c1-18-10-11(9-17-18)8-13-14(21-2)5-7-19(13)15(20)12-4-3-6-16-12/h3-4,6,9-10,13-14,16H,5,7-8H2,1-2H3/t13-,14-/m0/s1. The summed E-state index contributed by atoms with van der Waals surface area (Å²) in [6, 6.07) is 3.70. The van der Waals surface area contributed by atoms with Crippen molar-refractivity contribution >= 4 is 5.91 Å². The minimum atomic E-state index is 0.0356. The lowest BCUT2D eigenvalue weighted by molar-refractivity contribution is 0.0505. The van der Waals surface area contributed by atoms with Crippen molar-refractivity contribution in [2.24, 2.45) is 7.05 Å². The summed E-state index contributed by atoms with van der Waals surface area (Å²) >= 11 is 0. The number of hydrogen-bond donors (Lipinski definition) is 1. The number of rotatable bonds is 4. The zero-order chi connectivity index (χ0) is 14.8. The molecule has 1 fully saturated rings. The second-order valence-corrected chi connectivity index (χ2v) is 5.44. The Labute approximate surface area is 123 Å². The third-order valence-electron chi connectivity index (χ3n) is 4.08. The fourth-order valence-electron chi connectivity index (χ4n) is 3.03. The molecule has 3 heterocycles. The van der Waals surface area contributed by atoms with Crippen molar-refractivity contribution in [3.05, 3.63) is 42.0 Å². The number of aromatic nitrogens is 3. The molecule has 6 heteroatoms. The molecule has 0 saturated carbocycles. The van der Waals surface area contributed by atoms with Crippen LogP contribution >= 0.6 is 0 Å². The van der Waals surface area contributed by atoms with Crippen LogP contribution in [0.15, 0.2) is 30.7 Å². The smallest absolute Gasteiger partial charge is 0.270 e. The number of nitrogens with zero attached hydrogens (tertiary/aromatic N) is 3. The second-order valence-electron chi connectivity index (χ2n) is 5.44. The van der Waals surface area contributed by atoms with Crippen LogP contribution in [-0.2, 0) is 18.2 Å². The van der Waals surface area contributed by atoms with Crippen LogP contribution < -0.4 is 0 Å². The Bertz CT molecular complexity index is 605. The number of carbonyl (C=O) groups is 1. The molecule has 21 heavy (non-hydrogen) atoms. The molecule has 2 atom stereocenters. The molecular formula is C15H20N4O2. The van der Waals surface area contributed by atoms with Gasteiger partial charge in [0, 0.05) is 33.1 Å². The van der Waals surface area contributed by atoms with E-state index in [1.807, 2.05) is 36.5 Å². The molecule has 1 aliphatic rings. The number of hydrogen-bond acceptors (Lipinski definition) is 3. The van der Waals surface area contributed by atoms with Gasteiger partial charge in [-0.15, -0.1) is 0 Å². The van der Waals surface area contributed by atoms with Crippen molar-refractivity contribution in [1.29, 1.82) is 0 Å². The number of H-pyrrole nitrogens is 1. The summed E-state index contributed by atoms with van der Waals surface area (Å²) in [7, 11) is 3.61. The van der Waals surface area contributed by atoms with Crippen LogP contribution in [0.2, 0.25) is 0 Å². The predicted octanol–water partition coefficient (Wildman–Crippen LogP) is 1.22. The van der Waals surface area contributed by atoms with Gasteiger partial charge in [0.1, 0.15) is 5.69 Å². The summed E-state index contributed by atoms with van der Waals surface area (Å²) in [5.41, 5.74) is 1.75. The first-order valence-electron chi connectivity index (χ1n) is 7.13. The summed E-state index contributed by atoms with van der Waals surface area (Å²) in [5, 5.41) is 4.20. The molecule has 1 N–H and O–H groups in total. The predicted molar refractivity (Wildman–Crippen MR) is 77.9 cm³/mol. The van der Waals surface area contributed by atoms with Gasteiger partial charge in [-0.25, -0.2) is 0 Å². The molecule has 0 spiro atoms. The Morgan fingerprint density at radius 3 is 3.05 bits per heavy atom. The SMILES string of the molecule is CO[C@H]1CCN(C(=O)c2ccc[nH]2)[C@H]1Cc1cnn(C)c1. The van der Waals surface area contributed by atoms with Gasteiger partial charge >= 0.3 is 0 Å². The number of carbonyl (C=O) groups excluding carboxylic acids is 1. The van der Waals surface area contributed by atoms with Crippen molar-refractivity contribution in [2.45, 2.75) is 25.0 Å². The Hall–Kier alpha value is -2.08.